The van der Waals surface area contributed by atoms with Crippen molar-refractivity contribution in [3.63, 3.8) is 0 Å². The highest BCUT2D eigenvalue weighted by Crippen LogP contribution is 2.19. The van der Waals surface area contributed by atoms with Crippen LogP contribution in [0.15, 0.2) is 24.3 Å². The molecule has 0 spiro atoms. The number of benzene rings is 1. The molecule has 0 atom stereocenters. The summed E-state index contributed by atoms with van der Waals surface area (Å²) in [5, 5.41) is 0. The summed E-state index contributed by atoms with van der Waals surface area (Å²) in [6.07, 6.45) is 0.535. The van der Waals surface area contributed by atoms with Crippen molar-refractivity contribution in [3.8, 4) is 5.75 Å². The molecule has 1 aliphatic heterocycles. The van der Waals surface area contributed by atoms with Gasteiger partial charge in [-0.05, 0) is 18.6 Å². The summed E-state index contributed by atoms with van der Waals surface area (Å²) in [5.41, 5.74) is 6.37. The van der Waals surface area contributed by atoms with E-state index in [0.29, 0.717) is 37.7 Å². The predicted octanol–water partition coefficient (Wildman–Crippen LogP) is 1.49. The minimum atomic E-state index is -0.232. The lowest BCUT2D eigenvalue weighted by Gasteiger charge is -2.13. The standard InChI is InChI=1S/C12H16N2O3/c13-10-4-1-2-5-11(10)16-8-3-6-14-7-9-17-12(14)15/h1-2,4-5H,3,6-9,13H2. The van der Waals surface area contributed by atoms with E-state index in [4.69, 9.17) is 15.2 Å². The van der Waals surface area contributed by atoms with E-state index in [2.05, 4.69) is 0 Å². The molecule has 0 unspecified atom stereocenters. The van der Waals surface area contributed by atoms with Gasteiger partial charge in [0.05, 0.1) is 18.8 Å². The third-order valence-electron chi connectivity index (χ3n) is 2.59. The normalized spacial score (nSPS) is 14.8. The third-order valence-corrected chi connectivity index (χ3v) is 2.59. The lowest BCUT2D eigenvalue weighted by atomic mass is 10.3. The van der Waals surface area contributed by atoms with Crippen molar-refractivity contribution in [2.24, 2.45) is 0 Å². The fourth-order valence-corrected chi connectivity index (χ4v) is 1.68. The Labute approximate surface area is 100 Å². The maximum atomic E-state index is 11.1. The molecule has 2 N–H and O–H groups in total. The first-order valence-corrected chi connectivity index (χ1v) is 5.66. The molecule has 1 fully saturated rings. The number of cyclic esters (lactones) is 1. The predicted molar refractivity (Wildman–Crippen MR) is 63.9 cm³/mol. The van der Waals surface area contributed by atoms with Crippen molar-refractivity contribution in [2.45, 2.75) is 6.42 Å². The second kappa shape index (κ2) is 5.43. The highest BCUT2D eigenvalue weighted by molar-refractivity contribution is 5.69. The highest BCUT2D eigenvalue weighted by atomic mass is 16.6. The Morgan fingerprint density at radius 2 is 2.24 bits per heavy atom. The topological polar surface area (TPSA) is 64.8 Å². The van der Waals surface area contributed by atoms with Crippen LogP contribution in [0.4, 0.5) is 10.5 Å². The van der Waals surface area contributed by atoms with E-state index >= 15 is 0 Å². The number of hydrogen-bond donors (Lipinski definition) is 1. The Kier molecular flexibility index (Phi) is 3.69. The van der Waals surface area contributed by atoms with Crippen molar-refractivity contribution < 1.29 is 14.3 Å². The fourth-order valence-electron chi connectivity index (χ4n) is 1.68. The van der Waals surface area contributed by atoms with Gasteiger partial charge in [-0.1, -0.05) is 12.1 Å². The van der Waals surface area contributed by atoms with Gasteiger partial charge in [0.2, 0.25) is 0 Å². The maximum absolute atomic E-state index is 11.1. The number of hydrogen-bond acceptors (Lipinski definition) is 4. The SMILES string of the molecule is Nc1ccccc1OCCCN1CCOC1=O. The first kappa shape index (κ1) is 11.6. The molecule has 0 aliphatic carbocycles. The Bertz CT molecular complexity index is 395. The van der Waals surface area contributed by atoms with Crippen molar-refractivity contribution in [2.75, 3.05) is 32.0 Å². The van der Waals surface area contributed by atoms with Crippen molar-refractivity contribution in [1.29, 1.82) is 0 Å². The van der Waals surface area contributed by atoms with E-state index in [-0.39, 0.29) is 6.09 Å². The second-order valence-electron chi connectivity index (χ2n) is 3.84. The van der Waals surface area contributed by atoms with Crippen molar-refractivity contribution in [3.05, 3.63) is 24.3 Å². The molecule has 92 valence electrons. The Morgan fingerprint density at radius 3 is 2.94 bits per heavy atom. The third kappa shape index (κ3) is 3.03. The molecule has 1 saturated heterocycles. The molecule has 0 aromatic heterocycles. The lowest BCUT2D eigenvalue weighted by Crippen LogP contribution is -2.26. The Balaban J connectivity index is 1.70. The summed E-state index contributed by atoms with van der Waals surface area (Å²) in [4.78, 5) is 12.8. The first-order valence-electron chi connectivity index (χ1n) is 5.66. The average Bonchev–Trinajstić information content (AvgIpc) is 2.73. The fraction of sp³-hybridized carbons (Fsp3) is 0.417. The largest absolute Gasteiger partial charge is 0.491 e. The Morgan fingerprint density at radius 1 is 1.41 bits per heavy atom. The van der Waals surface area contributed by atoms with Crippen LogP contribution in [0.2, 0.25) is 0 Å². The van der Waals surface area contributed by atoms with Crippen LogP contribution in [-0.4, -0.2) is 37.3 Å². The van der Waals surface area contributed by atoms with Crippen LogP contribution in [0.1, 0.15) is 6.42 Å². The maximum Gasteiger partial charge on any atom is 0.409 e. The van der Waals surface area contributed by atoms with Gasteiger partial charge in [0.1, 0.15) is 12.4 Å². The molecular formula is C12H16N2O3. The van der Waals surface area contributed by atoms with E-state index < -0.39 is 0 Å². The monoisotopic (exact) mass is 236 g/mol. The van der Waals surface area contributed by atoms with Crippen LogP contribution in [-0.2, 0) is 4.74 Å². The van der Waals surface area contributed by atoms with Gasteiger partial charge in [-0.2, -0.15) is 0 Å². The second-order valence-corrected chi connectivity index (χ2v) is 3.84. The molecule has 17 heavy (non-hydrogen) atoms. The van der Waals surface area contributed by atoms with Gasteiger partial charge in [-0.15, -0.1) is 0 Å². The highest BCUT2D eigenvalue weighted by Gasteiger charge is 2.20. The van der Waals surface area contributed by atoms with Crippen LogP contribution in [0.5, 0.6) is 5.75 Å². The summed E-state index contributed by atoms with van der Waals surface area (Å²) in [6.45, 7) is 2.36. The van der Waals surface area contributed by atoms with E-state index in [1.165, 1.54) is 0 Å². The molecule has 1 aliphatic rings. The van der Waals surface area contributed by atoms with E-state index in [0.717, 1.165) is 6.42 Å². The molecule has 5 heteroatoms. The van der Waals surface area contributed by atoms with Crippen LogP contribution in [0.25, 0.3) is 0 Å². The zero-order chi connectivity index (χ0) is 12.1. The van der Waals surface area contributed by atoms with Crippen LogP contribution in [0, 0.1) is 0 Å². The number of ether oxygens (including phenoxy) is 2. The quantitative estimate of drug-likeness (QED) is 0.621. The summed E-state index contributed by atoms with van der Waals surface area (Å²) in [6, 6.07) is 7.37. The van der Waals surface area contributed by atoms with Crippen LogP contribution >= 0.6 is 0 Å². The molecule has 1 amide bonds. The number of para-hydroxylation sites is 2. The lowest BCUT2D eigenvalue weighted by molar-refractivity contribution is 0.156. The number of nitrogen functional groups attached to an aromatic ring is 1. The van der Waals surface area contributed by atoms with Gasteiger partial charge >= 0.3 is 6.09 Å². The number of nitrogens with zero attached hydrogens (tertiary/aromatic N) is 1. The Hall–Kier alpha value is -1.91. The number of rotatable bonds is 5. The first-order chi connectivity index (χ1) is 8.27. The van der Waals surface area contributed by atoms with Gasteiger partial charge in [0.15, 0.2) is 0 Å². The zero-order valence-corrected chi connectivity index (χ0v) is 9.59. The van der Waals surface area contributed by atoms with E-state index in [1.807, 2.05) is 18.2 Å². The zero-order valence-electron chi connectivity index (χ0n) is 9.59. The van der Waals surface area contributed by atoms with E-state index in [1.54, 1.807) is 11.0 Å². The van der Waals surface area contributed by atoms with Gasteiger partial charge in [0.25, 0.3) is 0 Å². The summed E-state index contributed by atoms with van der Waals surface area (Å²) >= 11 is 0. The number of carbonyl (C=O) groups excluding carboxylic acids is 1. The number of amides is 1. The number of anilines is 1. The summed E-state index contributed by atoms with van der Waals surface area (Å²) < 4.78 is 10.4. The van der Waals surface area contributed by atoms with Gasteiger partial charge < -0.3 is 20.1 Å². The molecule has 0 radical (unpaired) electrons. The molecule has 1 aromatic carbocycles. The summed E-state index contributed by atoms with van der Waals surface area (Å²) in [5.74, 6) is 0.691. The minimum absolute atomic E-state index is 0.232. The van der Waals surface area contributed by atoms with Crippen molar-refractivity contribution in [1.82, 2.24) is 4.90 Å². The molecule has 1 heterocycles. The molecule has 5 nitrogen and oxygen atoms in total. The van der Waals surface area contributed by atoms with Gasteiger partial charge in [-0.3, -0.25) is 0 Å². The molecule has 0 saturated carbocycles. The van der Waals surface area contributed by atoms with Crippen LogP contribution < -0.4 is 10.5 Å². The molecule has 1 aromatic rings. The average molecular weight is 236 g/mol. The molecule has 0 bridgehead atoms. The summed E-state index contributed by atoms with van der Waals surface area (Å²) in [7, 11) is 0. The minimum Gasteiger partial charge on any atom is -0.491 e. The van der Waals surface area contributed by atoms with Gasteiger partial charge in [0, 0.05) is 6.54 Å². The van der Waals surface area contributed by atoms with Gasteiger partial charge in [-0.25, -0.2) is 4.79 Å². The molecular weight excluding hydrogens is 220 g/mol. The van der Waals surface area contributed by atoms with E-state index in [9.17, 15) is 4.79 Å². The number of carbonyl (C=O) groups is 1. The smallest absolute Gasteiger partial charge is 0.409 e. The number of nitrogens with two attached hydrogens (primary N) is 1. The van der Waals surface area contributed by atoms with Crippen LogP contribution in [0.3, 0.4) is 0 Å². The molecule has 2 rings (SSSR count). The van der Waals surface area contributed by atoms with Crippen molar-refractivity contribution >= 4 is 11.8 Å².